The molecule has 0 saturated heterocycles. The van der Waals surface area contributed by atoms with Crippen molar-refractivity contribution in [3.63, 3.8) is 0 Å². The summed E-state index contributed by atoms with van der Waals surface area (Å²) in [6.07, 6.45) is -0.197. The minimum atomic E-state index is -0.777. The van der Waals surface area contributed by atoms with Gasteiger partial charge in [-0.15, -0.1) is 5.10 Å². The smallest absolute Gasteiger partial charge is 0.378 e. The van der Waals surface area contributed by atoms with E-state index in [1.54, 1.807) is 6.07 Å². The molecule has 0 amide bonds. The number of fused-ring (bicyclic) bond motifs is 2. The lowest BCUT2D eigenvalue weighted by molar-refractivity contribution is 0.0462. The van der Waals surface area contributed by atoms with Crippen molar-refractivity contribution < 1.29 is 23.8 Å². The fourth-order valence-electron chi connectivity index (χ4n) is 4.25. The molecular formula is C25H25N5O5. The zero-order chi connectivity index (χ0) is 24.7. The second-order valence-corrected chi connectivity index (χ2v) is 8.58. The zero-order valence-corrected chi connectivity index (χ0v) is 19.9. The van der Waals surface area contributed by atoms with Crippen LogP contribution in [-0.4, -0.2) is 55.2 Å². The second-order valence-electron chi connectivity index (χ2n) is 8.58. The van der Waals surface area contributed by atoms with Crippen LogP contribution in [0.4, 0.5) is 0 Å². The number of benzene rings is 1. The van der Waals surface area contributed by atoms with Gasteiger partial charge in [0.05, 0.1) is 6.54 Å². The van der Waals surface area contributed by atoms with Crippen molar-refractivity contribution >= 4 is 17.5 Å². The highest BCUT2D eigenvalue weighted by molar-refractivity contribution is 6.00. The van der Waals surface area contributed by atoms with Crippen molar-refractivity contribution in [3.8, 4) is 11.5 Å². The van der Waals surface area contributed by atoms with E-state index in [9.17, 15) is 9.59 Å². The predicted octanol–water partition coefficient (Wildman–Crippen LogP) is 3.04. The Hall–Kier alpha value is -4.21. The summed E-state index contributed by atoms with van der Waals surface area (Å²) in [5.41, 5.74) is 3.72. The Labute approximate surface area is 201 Å². The number of carbonyl (C=O) groups is 2. The van der Waals surface area contributed by atoms with Crippen LogP contribution in [0.1, 0.15) is 43.8 Å². The minimum absolute atomic E-state index is 0.140. The highest BCUT2D eigenvalue weighted by Crippen LogP contribution is 2.31. The van der Waals surface area contributed by atoms with Crippen molar-refractivity contribution in [2.75, 3.05) is 13.2 Å². The van der Waals surface area contributed by atoms with Crippen LogP contribution in [0.5, 0.6) is 11.5 Å². The van der Waals surface area contributed by atoms with Crippen LogP contribution in [-0.2, 0) is 11.3 Å². The summed E-state index contributed by atoms with van der Waals surface area (Å²) in [5.74, 6) is 0.512. The maximum Gasteiger partial charge on any atom is 0.378 e. The predicted molar refractivity (Wildman–Crippen MR) is 125 cm³/mol. The fraction of sp³-hybridized carbons (Fsp3) is 0.320. The van der Waals surface area contributed by atoms with Gasteiger partial charge >= 0.3 is 5.97 Å². The van der Waals surface area contributed by atoms with E-state index in [1.165, 1.54) is 4.52 Å². The molecule has 180 valence electrons. The van der Waals surface area contributed by atoms with Gasteiger partial charge in [-0.3, -0.25) is 4.79 Å². The van der Waals surface area contributed by atoms with Gasteiger partial charge in [0, 0.05) is 28.3 Å². The first kappa shape index (κ1) is 22.6. The van der Waals surface area contributed by atoms with Crippen LogP contribution < -0.4 is 9.47 Å². The minimum Gasteiger partial charge on any atom is -0.486 e. The van der Waals surface area contributed by atoms with E-state index >= 15 is 0 Å². The summed E-state index contributed by atoms with van der Waals surface area (Å²) in [4.78, 5) is 33.8. The molecule has 0 radical (unpaired) electrons. The van der Waals surface area contributed by atoms with Crippen LogP contribution in [0.15, 0.2) is 36.4 Å². The molecule has 1 aliphatic rings. The SMILES string of the molecule is Cc1cc(C)n2nc(C(=O)OCC(=O)c3cc(C)n(C[C@@H]4COc5ccccc5O4)c3C)nc2n1. The van der Waals surface area contributed by atoms with E-state index in [4.69, 9.17) is 14.2 Å². The number of esters is 1. The van der Waals surface area contributed by atoms with E-state index in [2.05, 4.69) is 15.1 Å². The van der Waals surface area contributed by atoms with E-state index in [0.29, 0.717) is 30.2 Å². The van der Waals surface area contributed by atoms with E-state index in [0.717, 1.165) is 28.5 Å². The molecule has 35 heavy (non-hydrogen) atoms. The number of ketones is 1. The Morgan fingerprint density at radius 2 is 1.83 bits per heavy atom. The Bertz CT molecular complexity index is 1450. The highest BCUT2D eigenvalue weighted by Gasteiger charge is 2.25. The first-order valence-corrected chi connectivity index (χ1v) is 11.3. The lowest BCUT2D eigenvalue weighted by Gasteiger charge is -2.27. The number of hydrogen-bond acceptors (Lipinski definition) is 8. The Morgan fingerprint density at radius 3 is 2.63 bits per heavy atom. The quantitative estimate of drug-likeness (QED) is 0.309. The number of carbonyl (C=O) groups excluding carboxylic acids is 2. The number of rotatable bonds is 6. The summed E-state index contributed by atoms with van der Waals surface area (Å²) in [6, 6.07) is 11.2. The molecular weight excluding hydrogens is 450 g/mol. The third kappa shape index (κ3) is 4.34. The molecule has 4 aromatic rings. The topological polar surface area (TPSA) is 110 Å². The molecule has 0 fully saturated rings. The van der Waals surface area contributed by atoms with Gasteiger partial charge in [0.2, 0.25) is 5.78 Å². The summed E-state index contributed by atoms with van der Waals surface area (Å²) >= 11 is 0. The number of nitrogens with zero attached hydrogens (tertiary/aromatic N) is 5. The maximum atomic E-state index is 12.9. The molecule has 10 heteroatoms. The van der Waals surface area contributed by atoms with Crippen LogP contribution in [0.2, 0.25) is 0 Å². The average molecular weight is 476 g/mol. The number of para-hydroxylation sites is 2. The Kier molecular flexibility index (Phi) is 5.72. The number of ether oxygens (including phenoxy) is 3. The summed E-state index contributed by atoms with van der Waals surface area (Å²) in [5, 5.41) is 4.15. The number of aryl methyl sites for hydroxylation is 3. The van der Waals surface area contributed by atoms with Gasteiger partial charge in [0.15, 0.2) is 24.2 Å². The molecule has 0 unspecified atom stereocenters. The van der Waals surface area contributed by atoms with Gasteiger partial charge in [-0.05, 0) is 52.0 Å². The summed E-state index contributed by atoms with van der Waals surface area (Å²) in [6.45, 7) is 7.98. The average Bonchev–Trinajstić information content (AvgIpc) is 3.39. The molecule has 10 nitrogen and oxygen atoms in total. The normalized spacial score (nSPS) is 14.8. The van der Waals surface area contributed by atoms with Crippen molar-refractivity contribution in [1.82, 2.24) is 24.1 Å². The molecule has 4 heterocycles. The fourth-order valence-corrected chi connectivity index (χ4v) is 4.25. The molecule has 5 rings (SSSR count). The lowest BCUT2D eigenvalue weighted by Crippen LogP contribution is -2.33. The third-order valence-corrected chi connectivity index (χ3v) is 5.96. The second kappa shape index (κ2) is 8.86. The van der Waals surface area contributed by atoms with Crippen LogP contribution in [0.25, 0.3) is 5.78 Å². The molecule has 0 spiro atoms. The first-order chi connectivity index (χ1) is 16.8. The van der Waals surface area contributed by atoms with Gasteiger partial charge in [-0.2, -0.15) is 4.98 Å². The van der Waals surface area contributed by atoms with Gasteiger partial charge < -0.3 is 18.8 Å². The number of Topliss-reactive ketones (excluding diaryl/α,β-unsaturated/α-hetero) is 1. The van der Waals surface area contributed by atoms with Crippen molar-refractivity contribution in [2.45, 2.75) is 40.3 Å². The first-order valence-electron chi connectivity index (χ1n) is 11.3. The highest BCUT2D eigenvalue weighted by atomic mass is 16.6. The largest absolute Gasteiger partial charge is 0.486 e. The Balaban J connectivity index is 1.25. The van der Waals surface area contributed by atoms with Crippen LogP contribution in [0.3, 0.4) is 0 Å². The standard InChI is InChI=1S/C25H25N5O5/c1-14-9-16(3)30-25(26-14)27-23(28-30)24(32)34-13-20(31)19-10-15(2)29(17(19)4)11-18-12-33-21-7-5-6-8-22(21)35-18/h5-10,18H,11-13H2,1-4H3/t18-/m1/s1. The zero-order valence-electron chi connectivity index (χ0n) is 19.9. The molecule has 0 aliphatic carbocycles. The van der Waals surface area contributed by atoms with E-state index < -0.39 is 12.6 Å². The molecule has 3 aromatic heterocycles. The Morgan fingerprint density at radius 1 is 1.06 bits per heavy atom. The molecule has 0 saturated carbocycles. The number of hydrogen-bond donors (Lipinski definition) is 0. The third-order valence-electron chi connectivity index (χ3n) is 5.96. The van der Waals surface area contributed by atoms with Crippen molar-refractivity contribution in [3.05, 3.63) is 70.6 Å². The van der Waals surface area contributed by atoms with Gasteiger partial charge in [0.25, 0.3) is 11.6 Å². The number of aromatic nitrogens is 5. The van der Waals surface area contributed by atoms with E-state index in [-0.39, 0.29) is 17.7 Å². The summed E-state index contributed by atoms with van der Waals surface area (Å²) < 4.78 is 20.6. The van der Waals surface area contributed by atoms with E-state index in [1.807, 2.05) is 62.6 Å². The maximum absolute atomic E-state index is 12.9. The summed E-state index contributed by atoms with van der Waals surface area (Å²) in [7, 11) is 0. The van der Waals surface area contributed by atoms with Crippen molar-refractivity contribution in [1.29, 1.82) is 0 Å². The molecule has 1 aliphatic heterocycles. The van der Waals surface area contributed by atoms with Gasteiger partial charge in [-0.25, -0.2) is 14.3 Å². The van der Waals surface area contributed by atoms with Gasteiger partial charge in [-0.1, -0.05) is 12.1 Å². The molecule has 1 aromatic carbocycles. The molecule has 1 atom stereocenters. The monoisotopic (exact) mass is 475 g/mol. The van der Waals surface area contributed by atoms with Crippen LogP contribution >= 0.6 is 0 Å². The lowest BCUT2D eigenvalue weighted by atomic mass is 10.1. The van der Waals surface area contributed by atoms with Crippen molar-refractivity contribution in [2.24, 2.45) is 0 Å². The molecule has 0 bridgehead atoms. The van der Waals surface area contributed by atoms with Gasteiger partial charge in [0.1, 0.15) is 6.61 Å². The molecule has 0 N–H and O–H groups in total. The van der Waals surface area contributed by atoms with Crippen LogP contribution in [0, 0.1) is 27.7 Å².